The van der Waals surface area contributed by atoms with Crippen molar-refractivity contribution in [1.29, 1.82) is 0 Å². The number of rotatable bonds is 9. The fourth-order valence-corrected chi connectivity index (χ4v) is 2.70. The minimum Gasteiger partial charge on any atom is -0.497 e. The lowest BCUT2D eigenvalue weighted by molar-refractivity contribution is -0.310. The van der Waals surface area contributed by atoms with Crippen LogP contribution in [0.3, 0.4) is 0 Å². The number of benzene rings is 1. The Morgan fingerprint density at radius 3 is 2.37 bits per heavy atom. The van der Waals surface area contributed by atoms with E-state index in [0.717, 1.165) is 0 Å². The van der Waals surface area contributed by atoms with Gasteiger partial charge in [0.25, 0.3) is 0 Å². The van der Waals surface area contributed by atoms with Gasteiger partial charge < -0.3 is 49.6 Å². The number of esters is 1. The minimum absolute atomic E-state index is 0.225. The third-order valence-electron chi connectivity index (χ3n) is 4.80. The van der Waals surface area contributed by atoms with Crippen LogP contribution in [0.2, 0.25) is 0 Å². The second-order valence-corrected chi connectivity index (χ2v) is 7.21. The molecular weight excluding hydrogens is 404 g/mol. The van der Waals surface area contributed by atoms with E-state index in [1.807, 2.05) is 0 Å². The molecule has 1 aliphatic heterocycles. The van der Waals surface area contributed by atoms with Crippen molar-refractivity contribution in [2.24, 2.45) is 0 Å². The molecule has 11 nitrogen and oxygen atoms in total. The van der Waals surface area contributed by atoms with Crippen molar-refractivity contribution in [2.75, 3.05) is 26.9 Å². The van der Waals surface area contributed by atoms with Crippen LogP contribution in [0, 0.1) is 0 Å². The van der Waals surface area contributed by atoms with Crippen molar-refractivity contribution < 1.29 is 54.4 Å². The van der Waals surface area contributed by atoms with Crippen LogP contribution < -0.4 is 4.74 Å². The van der Waals surface area contributed by atoms with Gasteiger partial charge in [0.05, 0.1) is 25.9 Å². The molecule has 170 valence electrons. The number of ether oxygens (including phenoxy) is 4. The van der Waals surface area contributed by atoms with E-state index in [9.17, 15) is 30.3 Å². The molecule has 1 heterocycles. The minimum atomic E-state index is -1.87. The van der Waals surface area contributed by atoms with E-state index in [2.05, 4.69) is 0 Å². The van der Waals surface area contributed by atoms with Crippen LogP contribution in [0.15, 0.2) is 24.3 Å². The molecule has 0 radical (unpaired) electrons. The molecule has 1 aliphatic rings. The molecule has 7 atom stereocenters. The SMILES string of the molecule is COc1ccc(C(=O)OC[C@H]2O[C@@H](OC[C@](C)(O)[C@H](O)CO)[C@H](O)[C@@H](O)[C@@H]2O)cc1. The fraction of sp³-hybridized carbons (Fsp3) is 0.632. The summed E-state index contributed by atoms with van der Waals surface area (Å²) in [5.41, 5.74) is -1.64. The van der Waals surface area contributed by atoms with E-state index in [1.165, 1.54) is 26.2 Å². The van der Waals surface area contributed by atoms with Crippen molar-refractivity contribution in [3.05, 3.63) is 29.8 Å². The van der Waals surface area contributed by atoms with E-state index >= 15 is 0 Å². The molecule has 0 amide bonds. The molecule has 0 saturated carbocycles. The first-order valence-corrected chi connectivity index (χ1v) is 9.24. The van der Waals surface area contributed by atoms with Gasteiger partial charge >= 0.3 is 5.97 Å². The van der Waals surface area contributed by atoms with Gasteiger partial charge in [0, 0.05) is 0 Å². The monoisotopic (exact) mass is 432 g/mol. The average molecular weight is 432 g/mol. The number of hydrogen-bond acceptors (Lipinski definition) is 11. The first-order chi connectivity index (χ1) is 14.1. The Bertz CT molecular complexity index is 678. The summed E-state index contributed by atoms with van der Waals surface area (Å²) >= 11 is 0. The summed E-state index contributed by atoms with van der Waals surface area (Å²) in [6, 6.07) is 6.11. The van der Waals surface area contributed by atoms with Crippen molar-refractivity contribution in [2.45, 2.75) is 49.3 Å². The van der Waals surface area contributed by atoms with Crippen LogP contribution in [0.1, 0.15) is 17.3 Å². The van der Waals surface area contributed by atoms with Gasteiger partial charge in [-0.15, -0.1) is 0 Å². The van der Waals surface area contributed by atoms with Crippen LogP contribution in [0.25, 0.3) is 0 Å². The number of aliphatic hydroxyl groups is 6. The third-order valence-corrected chi connectivity index (χ3v) is 4.80. The molecule has 1 saturated heterocycles. The molecule has 1 fully saturated rings. The molecular formula is C19H28O11. The average Bonchev–Trinajstić information content (AvgIpc) is 2.75. The standard InChI is InChI=1S/C19H28O11/c1-19(26,13(21)7-20)9-29-18-16(24)15(23)14(22)12(30-18)8-28-17(25)10-3-5-11(27-2)6-4-10/h3-6,12-16,18,20-24,26H,7-9H2,1-2H3/t12-,13-,14-,15+,16-,18-,19+/m1/s1. The van der Waals surface area contributed by atoms with Gasteiger partial charge in [0.15, 0.2) is 6.29 Å². The lowest BCUT2D eigenvalue weighted by Gasteiger charge is -2.41. The Morgan fingerprint density at radius 2 is 1.80 bits per heavy atom. The summed E-state index contributed by atoms with van der Waals surface area (Å²) < 4.78 is 20.7. The van der Waals surface area contributed by atoms with Crippen molar-refractivity contribution >= 4 is 5.97 Å². The number of hydrogen-bond donors (Lipinski definition) is 6. The Hall–Kier alpha value is -1.83. The Balaban J connectivity index is 1.97. The summed E-state index contributed by atoms with van der Waals surface area (Å²) in [7, 11) is 1.48. The second kappa shape index (κ2) is 10.5. The highest BCUT2D eigenvalue weighted by Crippen LogP contribution is 2.24. The number of carbonyl (C=O) groups excluding carboxylic acids is 1. The molecule has 1 aromatic carbocycles. The number of carbonyl (C=O) groups is 1. The van der Waals surface area contributed by atoms with E-state index < -0.39 is 68.2 Å². The maximum absolute atomic E-state index is 12.2. The van der Waals surface area contributed by atoms with Gasteiger partial charge in [0.2, 0.25) is 0 Å². The van der Waals surface area contributed by atoms with Gasteiger partial charge in [-0.25, -0.2) is 4.79 Å². The third kappa shape index (κ3) is 5.86. The second-order valence-electron chi connectivity index (χ2n) is 7.21. The van der Waals surface area contributed by atoms with E-state index in [-0.39, 0.29) is 5.56 Å². The smallest absolute Gasteiger partial charge is 0.338 e. The molecule has 0 aliphatic carbocycles. The van der Waals surface area contributed by atoms with Gasteiger partial charge in [-0.2, -0.15) is 0 Å². The largest absolute Gasteiger partial charge is 0.497 e. The Morgan fingerprint density at radius 1 is 1.17 bits per heavy atom. The van der Waals surface area contributed by atoms with Crippen LogP contribution in [0.4, 0.5) is 0 Å². The van der Waals surface area contributed by atoms with E-state index in [0.29, 0.717) is 5.75 Å². The zero-order valence-electron chi connectivity index (χ0n) is 16.6. The molecule has 11 heteroatoms. The molecule has 0 unspecified atom stereocenters. The van der Waals surface area contributed by atoms with Gasteiger partial charge in [-0.05, 0) is 31.2 Å². The zero-order valence-corrected chi connectivity index (χ0v) is 16.6. The van der Waals surface area contributed by atoms with E-state index in [1.54, 1.807) is 12.1 Å². The Labute approximate surface area is 173 Å². The fourth-order valence-electron chi connectivity index (χ4n) is 2.70. The van der Waals surface area contributed by atoms with Crippen molar-refractivity contribution in [3.63, 3.8) is 0 Å². The maximum atomic E-state index is 12.2. The highest BCUT2D eigenvalue weighted by Gasteiger charge is 2.45. The highest BCUT2D eigenvalue weighted by atomic mass is 16.7. The molecule has 1 aromatic rings. The molecule has 2 rings (SSSR count). The number of aliphatic hydroxyl groups excluding tert-OH is 5. The molecule has 0 aromatic heterocycles. The maximum Gasteiger partial charge on any atom is 0.338 e. The first kappa shape index (κ1) is 24.4. The summed E-state index contributed by atoms with van der Waals surface area (Å²) in [5, 5.41) is 58.8. The molecule has 0 bridgehead atoms. The van der Waals surface area contributed by atoms with Gasteiger partial charge in [-0.1, -0.05) is 0 Å². The zero-order chi connectivity index (χ0) is 22.5. The van der Waals surface area contributed by atoms with Crippen LogP contribution in [-0.4, -0.2) is 106 Å². The summed E-state index contributed by atoms with van der Waals surface area (Å²) in [4.78, 5) is 12.2. The van der Waals surface area contributed by atoms with Crippen LogP contribution >= 0.6 is 0 Å². The molecule has 30 heavy (non-hydrogen) atoms. The topological polar surface area (TPSA) is 175 Å². The molecule has 0 spiro atoms. The van der Waals surface area contributed by atoms with Crippen LogP contribution in [-0.2, 0) is 14.2 Å². The Kier molecular flexibility index (Phi) is 8.52. The summed E-state index contributed by atoms with van der Waals surface area (Å²) in [5.74, 6) is -0.155. The summed E-state index contributed by atoms with van der Waals surface area (Å²) in [6.45, 7) is -0.541. The summed E-state index contributed by atoms with van der Waals surface area (Å²) in [6.07, 6.45) is -9.17. The predicted molar refractivity (Wildman–Crippen MR) is 99.6 cm³/mol. The first-order valence-electron chi connectivity index (χ1n) is 9.24. The van der Waals surface area contributed by atoms with Gasteiger partial charge in [-0.3, -0.25) is 0 Å². The highest BCUT2D eigenvalue weighted by molar-refractivity contribution is 5.89. The van der Waals surface area contributed by atoms with Crippen LogP contribution in [0.5, 0.6) is 5.75 Å². The molecule has 6 N–H and O–H groups in total. The van der Waals surface area contributed by atoms with Crippen molar-refractivity contribution in [1.82, 2.24) is 0 Å². The lowest BCUT2D eigenvalue weighted by Crippen LogP contribution is -2.60. The lowest BCUT2D eigenvalue weighted by atomic mass is 9.98. The van der Waals surface area contributed by atoms with E-state index in [4.69, 9.17) is 24.1 Å². The number of methoxy groups -OCH3 is 1. The van der Waals surface area contributed by atoms with Crippen molar-refractivity contribution in [3.8, 4) is 5.75 Å². The quantitative estimate of drug-likeness (QED) is 0.233. The predicted octanol–water partition coefficient (Wildman–Crippen LogP) is -2.22. The van der Waals surface area contributed by atoms with Gasteiger partial charge in [0.1, 0.15) is 48.5 Å². The normalized spacial score (nSPS) is 29.7.